The molecule has 0 spiro atoms. The second-order valence-electron chi connectivity index (χ2n) is 6.71. The highest BCUT2D eigenvalue weighted by molar-refractivity contribution is 6.31. The summed E-state index contributed by atoms with van der Waals surface area (Å²) in [7, 11) is 1.56. The van der Waals surface area contributed by atoms with Gasteiger partial charge in [-0.3, -0.25) is 9.59 Å². The van der Waals surface area contributed by atoms with Crippen LogP contribution < -0.4 is 0 Å². The number of aromatic nitrogens is 1. The minimum Gasteiger partial charge on any atom is -0.451 e. The molecule has 1 aromatic heterocycles. The van der Waals surface area contributed by atoms with Crippen LogP contribution >= 0.6 is 11.6 Å². The zero-order valence-corrected chi connectivity index (χ0v) is 16.3. The van der Waals surface area contributed by atoms with Gasteiger partial charge >= 0.3 is 5.97 Å². The van der Waals surface area contributed by atoms with Gasteiger partial charge in [-0.25, -0.2) is 9.78 Å². The van der Waals surface area contributed by atoms with Crippen LogP contribution in [0.15, 0.2) is 48.7 Å². The Morgan fingerprint density at radius 3 is 2.61 bits per heavy atom. The molecule has 3 rings (SSSR count). The number of halogens is 1. The molecule has 1 saturated carbocycles. The average molecular weight is 401 g/mol. The third kappa shape index (κ3) is 3.78. The highest BCUT2D eigenvalue weighted by Crippen LogP contribution is 2.42. The summed E-state index contributed by atoms with van der Waals surface area (Å²) in [5.74, 6) is -1.22. The molecule has 0 aliphatic heterocycles. The molecule has 146 valence electrons. The molecular formula is C21H21ClN2O4. The molecule has 0 saturated heterocycles. The normalized spacial score (nSPS) is 19.1. The van der Waals surface area contributed by atoms with Crippen molar-refractivity contribution in [3.8, 4) is 0 Å². The molecule has 1 amide bonds. The number of rotatable bonds is 5. The van der Waals surface area contributed by atoms with Gasteiger partial charge in [0.2, 0.25) is 0 Å². The molecule has 0 radical (unpaired) electrons. The van der Waals surface area contributed by atoms with E-state index < -0.39 is 24.0 Å². The first-order valence-electron chi connectivity index (χ1n) is 9.10. The molecular weight excluding hydrogens is 380 g/mol. The van der Waals surface area contributed by atoms with Crippen molar-refractivity contribution in [1.82, 2.24) is 9.88 Å². The Kier molecular flexibility index (Phi) is 6.09. The summed E-state index contributed by atoms with van der Waals surface area (Å²) >= 11 is 6.38. The first kappa shape index (κ1) is 20.0. The number of carbonyl (C=O) groups is 3. The molecule has 0 bridgehead atoms. The predicted molar refractivity (Wildman–Crippen MR) is 104 cm³/mol. The Balaban J connectivity index is 1.82. The van der Waals surface area contributed by atoms with Crippen molar-refractivity contribution < 1.29 is 19.1 Å². The predicted octanol–water partition coefficient (Wildman–Crippen LogP) is 3.39. The van der Waals surface area contributed by atoms with Crippen molar-refractivity contribution >= 4 is 29.3 Å². The van der Waals surface area contributed by atoms with Crippen LogP contribution in [0.3, 0.4) is 0 Å². The molecule has 1 aromatic carbocycles. The number of ether oxygens (including phenoxy) is 1. The molecule has 0 N–H and O–H groups in total. The zero-order valence-electron chi connectivity index (χ0n) is 15.6. The van der Waals surface area contributed by atoms with Gasteiger partial charge in [-0.05, 0) is 37.5 Å². The Morgan fingerprint density at radius 2 is 1.93 bits per heavy atom. The summed E-state index contributed by atoms with van der Waals surface area (Å²) in [6.45, 7) is -0.481. The van der Waals surface area contributed by atoms with Crippen molar-refractivity contribution in [2.75, 3.05) is 13.7 Å². The lowest BCUT2D eigenvalue weighted by Crippen LogP contribution is -2.55. The summed E-state index contributed by atoms with van der Waals surface area (Å²) < 4.78 is 5.11. The van der Waals surface area contributed by atoms with Gasteiger partial charge in [0.05, 0.1) is 0 Å². The van der Waals surface area contributed by atoms with Crippen LogP contribution in [0.5, 0.6) is 0 Å². The van der Waals surface area contributed by atoms with Crippen molar-refractivity contribution in [1.29, 1.82) is 0 Å². The average Bonchev–Trinajstić information content (AvgIpc) is 2.73. The summed E-state index contributed by atoms with van der Waals surface area (Å²) in [5, 5.41) is 0.433. The monoisotopic (exact) mass is 400 g/mol. The third-order valence-electron chi connectivity index (χ3n) is 5.12. The molecule has 1 fully saturated rings. The molecule has 6 nitrogen and oxygen atoms in total. The number of benzene rings is 1. The number of ketones is 1. The van der Waals surface area contributed by atoms with E-state index in [1.165, 1.54) is 17.2 Å². The smallest absolute Gasteiger partial charge is 0.357 e. The SMILES string of the molecule is CN(C(=O)COC(=O)c1ccccn1)C1(c2ccccc2Cl)CCCCC1=O. The minimum atomic E-state index is -1.15. The number of likely N-dealkylation sites (N-methyl/N-ethyl adjacent to an activating group) is 1. The van der Waals surface area contributed by atoms with Gasteiger partial charge in [-0.1, -0.05) is 35.9 Å². The number of carbonyl (C=O) groups excluding carboxylic acids is 3. The molecule has 28 heavy (non-hydrogen) atoms. The summed E-state index contributed by atoms with van der Waals surface area (Å²) in [5.41, 5.74) is -0.425. The summed E-state index contributed by atoms with van der Waals surface area (Å²) in [6.07, 6.45) is 3.89. The van der Waals surface area contributed by atoms with E-state index in [4.69, 9.17) is 16.3 Å². The minimum absolute atomic E-state index is 0.0567. The fourth-order valence-electron chi connectivity index (χ4n) is 3.62. The largest absolute Gasteiger partial charge is 0.451 e. The van der Waals surface area contributed by atoms with E-state index in [0.29, 0.717) is 23.4 Å². The van der Waals surface area contributed by atoms with Crippen LogP contribution in [0.1, 0.15) is 41.7 Å². The molecule has 7 heteroatoms. The van der Waals surface area contributed by atoms with Gasteiger partial charge in [0, 0.05) is 30.3 Å². The number of Topliss-reactive ketones (excluding diaryl/α,β-unsaturated/α-hetero) is 1. The Morgan fingerprint density at radius 1 is 1.18 bits per heavy atom. The van der Waals surface area contributed by atoms with E-state index in [-0.39, 0.29) is 11.5 Å². The van der Waals surface area contributed by atoms with Crippen molar-refractivity contribution in [2.24, 2.45) is 0 Å². The lowest BCUT2D eigenvalue weighted by atomic mass is 9.74. The number of hydrogen-bond donors (Lipinski definition) is 0. The zero-order chi connectivity index (χ0) is 20.1. The maximum absolute atomic E-state index is 13.0. The van der Waals surface area contributed by atoms with Crippen LogP contribution in [-0.4, -0.2) is 41.2 Å². The molecule has 1 atom stereocenters. The Hall–Kier alpha value is -2.73. The first-order chi connectivity index (χ1) is 13.5. The second-order valence-corrected chi connectivity index (χ2v) is 7.12. The third-order valence-corrected chi connectivity index (χ3v) is 5.45. The topological polar surface area (TPSA) is 76.6 Å². The molecule has 1 heterocycles. The molecule has 1 unspecified atom stereocenters. The highest BCUT2D eigenvalue weighted by atomic mass is 35.5. The van der Waals surface area contributed by atoms with Crippen LogP contribution in [0.4, 0.5) is 0 Å². The molecule has 1 aliphatic rings. The van der Waals surface area contributed by atoms with Gasteiger partial charge < -0.3 is 9.64 Å². The van der Waals surface area contributed by atoms with E-state index in [2.05, 4.69) is 4.98 Å². The van der Waals surface area contributed by atoms with Crippen LogP contribution in [0, 0.1) is 0 Å². The van der Waals surface area contributed by atoms with Gasteiger partial charge in [-0.2, -0.15) is 0 Å². The van der Waals surface area contributed by atoms with Crippen LogP contribution in [-0.2, 0) is 19.9 Å². The van der Waals surface area contributed by atoms with E-state index in [0.717, 1.165) is 12.8 Å². The van der Waals surface area contributed by atoms with E-state index >= 15 is 0 Å². The van der Waals surface area contributed by atoms with Gasteiger partial charge in [0.25, 0.3) is 5.91 Å². The van der Waals surface area contributed by atoms with Gasteiger partial charge in [0.1, 0.15) is 11.2 Å². The lowest BCUT2D eigenvalue weighted by Gasteiger charge is -2.43. The number of pyridine rings is 1. The fourth-order valence-corrected chi connectivity index (χ4v) is 3.92. The van der Waals surface area contributed by atoms with Crippen molar-refractivity contribution in [2.45, 2.75) is 31.2 Å². The highest BCUT2D eigenvalue weighted by Gasteiger charge is 2.48. The maximum atomic E-state index is 13.0. The number of amides is 1. The van der Waals surface area contributed by atoms with Crippen molar-refractivity contribution in [3.63, 3.8) is 0 Å². The van der Waals surface area contributed by atoms with E-state index in [1.807, 2.05) is 0 Å². The van der Waals surface area contributed by atoms with Gasteiger partial charge in [-0.15, -0.1) is 0 Å². The van der Waals surface area contributed by atoms with Crippen LogP contribution in [0.2, 0.25) is 5.02 Å². The summed E-state index contributed by atoms with van der Waals surface area (Å²) in [6, 6.07) is 11.9. The number of esters is 1. The first-order valence-corrected chi connectivity index (χ1v) is 9.48. The number of hydrogen-bond acceptors (Lipinski definition) is 5. The van der Waals surface area contributed by atoms with E-state index in [9.17, 15) is 14.4 Å². The number of nitrogens with zero attached hydrogens (tertiary/aromatic N) is 2. The maximum Gasteiger partial charge on any atom is 0.357 e. The van der Waals surface area contributed by atoms with Crippen LogP contribution in [0.25, 0.3) is 0 Å². The molecule has 2 aromatic rings. The molecule has 1 aliphatic carbocycles. The van der Waals surface area contributed by atoms with E-state index in [1.54, 1.807) is 43.4 Å². The summed E-state index contributed by atoms with van der Waals surface area (Å²) in [4.78, 5) is 43.2. The Labute approximate surface area is 168 Å². The fraction of sp³-hybridized carbons (Fsp3) is 0.333. The Bertz CT molecular complexity index is 887. The quantitative estimate of drug-likeness (QED) is 0.719. The van der Waals surface area contributed by atoms with Crippen molar-refractivity contribution in [3.05, 3.63) is 64.9 Å². The standard InChI is InChI=1S/C21H21ClN2O4/c1-24(19(26)14-28-20(27)17-10-5-7-13-23-17)21(12-6-4-11-18(21)25)15-8-2-3-9-16(15)22/h2-3,5,7-10,13H,4,6,11-12,14H2,1H3. The van der Waals surface area contributed by atoms with Gasteiger partial charge in [0.15, 0.2) is 12.4 Å². The lowest BCUT2D eigenvalue weighted by molar-refractivity contribution is -0.150. The second kappa shape index (κ2) is 8.52.